The van der Waals surface area contributed by atoms with Crippen LogP contribution in [0.1, 0.15) is 187 Å². The monoisotopic (exact) mass is 1410 g/mol. The molecule has 0 aliphatic rings. The first-order valence-electron chi connectivity index (χ1n) is 34.1. The summed E-state index contributed by atoms with van der Waals surface area (Å²) in [4.78, 5) is 187. The molecule has 0 fully saturated rings. The summed E-state index contributed by atoms with van der Waals surface area (Å²) in [5.41, 5.74) is 36.0. The second-order valence-electron chi connectivity index (χ2n) is 27.7. The van der Waals surface area contributed by atoms with Gasteiger partial charge in [0, 0.05) is 20.0 Å². The number of aliphatic imine (C=N–C) groups is 2. The highest BCUT2D eigenvalue weighted by molar-refractivity contribution is 6.01. The van der Waals surface area contributed by atoms with Crippen molar-refractivity contribution < 1.29 is 67.4 Å². The van der Waals surface area contributed by atoms with Crippen molar-refractivity contribution >= 4 is 88.7 Å². The van der Waals surface area contributed by atoms with Gasteiger partial charge in [0.1, 0.15) is 71.5 Å². The van der Waals surface area contributed by atoms with Crippen LogP contribution in [-0.4, -0.2) is 198 Å². The van der Waals surface area contributed by atoms with Crippen molar-refractivity contribution in [1.29, 1.82) is 0 Å². The summed E-state index contributed by atoms with van der Waals surface area (Å²) in [5.74, 6) is -11.4. The van der Waals surface area contributed by atoms with E-state index in [1.165, 1.54) is 41.5 Å². The fraction of sp³-hybridized carbons (Fsp3) is 0.766. The molecule has 27 N–H and O–H groups in total. The van der Waals surface area contributed by atoms with Gasteiger partial charge >= 0.3 is 0 Å². The van der Waals surface area contributed by atoms with Crippen LogP contribution in [0.4, 0.5) is 0 Å². The minimum absolute atomic E-state index is 0.00852. The molecule has 0 aliphatic heterocycles. The average molecular weight is 1410 g/mol. The third-order valence-electron chi connectivity index (χ3n) is 15.3. The number of rotatable bonds is 49. The van der Waals surface area contributed by atoms with E-state index in [0.717, 1.165) is 0 Å². The van der Waals surface area contributed by atoms with Crippen LogP contribution in [0.15, 0.2) is 9.98 Å². The molecule has 0 aliphatic carbocycles. The standard InChI is InChI=1S/C64H121N21O14/c1-34(2)29-44(49(67)88)78-55(94)45(30-35(3)4)79-53(92)42(24-20-28-73-62(70)71)76-54(93)43(22-16-18-26-66)82-59(98)63(11,12)84-57(96)47(32-37(7)8)80-52(91)40(21-15-17-25-65)75-51(90)41(23-19-27-72-61(68)69)77-56(95)46(31-36(5)6)83-60(99)64(13,14)85-58(97)48(33-86)81-50(89)38(9)74-39(10)87/h34-38,40-48,86H,15-33,65-66H2,1-14H3,(H2,67,88)(H,74,87)(H,75,90)(H,76,93)(H,77,95)(H,78,94)(H,79,92)(H,80,91)(H,81,89)(H,82,98)(H,83,99)(H,84,96)(H,85,97)(H4,68,69,72)(H4,70,71,73)/t38-,40-,41-,42-,43-,44-,45-,46-,47+,48-/m0/s1. The number of guanidine groups is 2. The number of amides is 13. The Balaban J connectivity index is 7.11. The Bertz CT molecular complexity index is 2720. The number of hydrogen-bond acceptors (Lipinski definition) is 18. The van der Waals surface area contributed by atoms with Crippen LogP contribution in [-0.2, 0) is 62.3 Å². The van der Waals surface area contributed by atoms with Gasteiger partial charge in [-0.25, -0.2) is 0 Å². The molecule has 0 radical (unpaired) electrons. The van der Waals surface area contributed by atoms with Gasteiger partial charge in [-0.2, -0.15) is 0 Å². The van der Waals surface area contributed by atoms with E-state index in [9.17, 15) is 67.4 Å². The summed E-state index contributed by atoms with van der Waals surface area (Å²) in [6.45, 7) is 22.0. The highest BCUT2D eigenvalue weighted by Crippen LogP contribution is 2.16. The maximum Gasteiger partial charge on any atom is 0.245 e. The molecule has 0 spiro atoms. The number of nitrogens with zero attached hydrogens (tertiary/aromatic N) is 2. The maximum atomic E-state index is 14.6. The summed E-state index contributed by atoms with van der Waals surface area (Å²) in [5, 5.41) is 41.4. The zero-order valence-electron chi connectivity index (χ0n) is 60.7. The van der Waals surface area contributed by atoms with Crippen LogP contribution in [0.2, 0.25) is 0 Å². The summed E-state index contributed by atoms with van der Waals surface area (Å²) in [6.07, 6.45) is 2.04. The predicted molar refractivity (Wildman–Crippen MR) is 375 cm³/mol. The zero-order valence-corrected chi connectivity index (χ0v) is 60.7. The molecule has 35 heteroatoms. The molecule has 0 unspecified atom stereocenters. The van der Waals surface area contributed by atoms with E-state index in [0.29, 0.717) is 25.7 Å². The van der Waals surface area contributed by atoms with Gasteiger partial charge in [-0.3, -0.25) is 72.3 Å². The number of primary amides is 1. The Hall–Kier alpha value is -8.47. The summed E-state index contributed by atoms with van der Waals surface area (Å²) in [6, 6.07) is -12.9. The quantitative estimate of drug-likeness (QED) is 0.0156. The molecule has 13 amide bonds. The summed E-state index contributed by atoms with van der Waals surface area (Å²) < 4.78 is 0. The molecule has 99 heavy (non-hydrogen) atoms. The SMILES string of the molecule is CC(=O)N[C@@H](C)C(=O)N[C@@H](CO)C(=O)NC(C)(C)C(=O)N[C@@H](CC(C)C)C(=O)N[C@@H](CCCN=C(N)N)C(=O)N[C@@H](CCCCN)C(=O)N[C@H](CC(C)C)C(=O)NC(C)(C)C(=O)N[C@@H](CCCCN)C(=O)N[C@@H](CCCN=C(N)N)C(=O)N[C@@H](CC(C)C)C(=O)N[C@@H](CC(C)C)C(N)=O. The van der Waals surface area contributed by atoms with Gasteiger partial charge in [-0.05, 0) is 161 Å². The second kappa shape index (κ2) is 46.0. The van der Waals surface area contributed by atoms with Crippen molar-refractivity contribution in [1.82, 2.24) is 63.8 Å². The van der Waals surface area contributed by atoms with Gasteiger partial charge in [0.15, 0.2) is 11.9 Å². The molecule has 35 nitrogen and oxygen atoms in total. The highest BCUT2D eigenvalue weighted by atomic mass is 16.3. The first kappa shape index (κ1) is 90.5. The van der Waals surface area contributed by atoms with Gasteiger partial charge in [-0.15, -0.1) is 0 Å². The number of carbonyl (C=O) groups excluding carboxylic acids is 13. The van der Waals surface area contributed by atoms with Crippen molar-refractivity contribution in [3.8, 4) is 0 Å². The third-order valence-corrected chi connectivity index (χ3v) is 15.3. The molecule has 0 saturated carbocycles. The van der Waals surface area contributed by atoms with Gasteiger partial charge in [-0.1, -0.05) is 55.4 Å². The van der Waals surface area contributed by atoms with E-state index in [1.54, 1.807) is 27.7 Å². The second-order valence-corrected chi connectivity index (χ2v) is 27.7. The first-order valence-corrected chi connectivity index (χ1v) is 34.1. The van der Waals surface area contributed by atoms with E-state index >= 15 is 0 Å². The lowest BCUT2D eigenvalue weighted by Gasteiger charge is -2.32. The number of carbonyl (C=O) groups is 13. The molecule has 566 valence electrons. The predicted octanol–water partition coefficient (Wildman–Crippen LogP) is -4.31. The van der Waals surface area contributed by atoms with Gasteiger partial charge in [0.2, 0.25) is 76.8 Å². The van der Waals surface area contributed by atoms with Crippen molar-refractivity contribution in [2.24, 2.45) is 73.8 Å². The van der Waals surface area contributed by atoms with Crippen LogP contribution in [0, 0.1) is 23.7 Å². The van der Waals surface area contributed by atoms with Gasteiger partial charge in [0.05, 0.1) is 6.61 Å². The van der Waals surface area contributed by atoms with Crippen LogP contribution in [0.5, 0.6) is 0 Å². The minimum Gasteiger partial charge on any atom is -0.394 e. The maximum absolute atomic E-state index is 14.6. The molecule has 10 atom stereocenters. The number of nitrogens with two attached hydrogens (primary N) is 7. The van der Waals surface area contributed by atoms with E-state index in [1.807, 2.05) is 27.7 Å². The smallest absolute Gasteiger partial charge is 0.245 e. The molecular weight excluding hydrogens is 1290 g/mol. The number of aliphatic hydroxyl groups is 1. The van der Waals surface area contributed by atoms with E-state index in [-0.39, 0.29) is 126 Å². The number of unbranched alkanes of at least 4 members (excludes halogenated alkanes) is 2. The Labute approximate surface area is 582 Å². The lowest BCUT2D eigenvalue weighted by atomic mass is 9.98. The van der Waals surface area contributed by atoms with Crippen molar-refractivity contribution in [3.63, 3.8) is 0 Å². The highest BCUT2D eigenvalue weighted by Gasteiger charge is 2.40. The summed E-state index contributed by atoms with van der Waals surface area (Å²) in [7, 11) is 0. The van der Waals surface area contributed by atoms with Crippen LogP contribution >= 0.6 is 0 Å². The Morgan fingerprint density at radius 1 is 0.354 bits per heavy atom. The lowest BCUT2D eigenvalue weighted by molar-refractivity contribution is -0.138. The molecule has 0 aromatic rings. The largest absolute Gasteiger partial charge is 0.394 e. The molecule has 0 saturated heterocycles. The minimum atomic E-state index is -1.80. The third kappa shape index (κ3) is 37.3. The fourth-order valence-electron chi connectivity index (χ4n) is 9.97. The van der Waals surface area contributed by atoms with Gasteiger partial charge in [0.25, 0.3) is 0 Å². The van der Waals surface area contributed by atoms with Crippen LogP contribution in [0.25, 0.3) is 0 Å². The van der Waals surface area contributed by atoms with E-state index < -0.39 is 155 Å². The number of aliphatic hydroxyl groups excluding tert-OH is 1. The first-order chi connectivity index (χ1) is 46.0. The van der Waals surface area contributed by atoms with E-state index in [2.05, 4.69) is 73.8 Å². The topological polar surface area (TPSA) is 593 Å². The van der Waals surface area contributed by atoms with Gasteiger partial charge < -0.3 is 109 Å². The van der Waals surface area contributed by atoms with Crippen molar-refractivity contribution in [3.05, 3.63) is 0 Å². The van der Waals surface area contributed by atoms with Crippen LogP contribution in [0.3, 0.4) is 0 Å². The molecule has 0 heterocycles. The summed E-state index contributed by atoms with van der Waals surface area (Å²) >= 11 is 0. The van der Waals surface area contributed by atoms with E-state index in [4.69, 9.17) is 40.1 Å². The molecule has 0 aromatic heterocycles. The molecule has 0 rings (SSSR count). The lowest BCUT2D eigenvalue weighted by Crippen LogP contribution is -2.64. The Kier molecular flexibility index (Phi) is 42.0. The molecule has 0 aromatic carbocycles. The molecular formula is C64H121N21O14. The van der Waals surface area contributed by atoms with Crippen molar-refractivity contribution in [2.75, 3.05) is 32.8 Å². The van der Waals surface area contributed by atoms with Crippen LogP contribution < -0.4 is 104 Å². The zero-order chi connectivity index (χ0) is 76.1. The Morgan fingerprint density at radius 3 is 0.949 bits per heavy atom. The van der Waals surface area contributed by atoms with Crippen molar-refractivity contribution in [2.45, 2.75) is 258 Å². The Morgan fingerprint density at radius 2 is 0.626 bits per heavy atom. The average Bonchev–Trinajstić information content (AvgIpc) is 0.845. The normalized spacial score (nSPS) is 14.6. The fourth-order valence-corrected chi connectivity index (χ4v) is 9.97. The number of hydrogen-bond donors (Lipinski definition) is 20. The molecule has 0 bridgehead atoms. The number of nitrogens with one attached hydrogen (secondary N) is 12.